The maximum Gasteiger partial charge on any atom is 0.0851 e. The second-order valence-corrected chi connectivity index (χ2v) is 5.53. The molecule has 0 radical (unpaired) electrons. The molecule has 0 amide bonds. The van der Waals surface area contributed by atoms with Gasteiger partial charge in [0.2, 0.25) is 0 Å². The van der Waals surface area contributed by atoms with E-state index in [0.717, 1.165) is 36.3 Å². The van der Waals surface area contributed by atoms with Gasteiger partial charge in [-0.3, -0.25) is 4.68 Å². The van der Waals surface area contributed by atoms with Crippen molar-refractivity contribution < 1.29 is 5.11 Å². The van der Waals surface area contributed by atoms with Crippen molar-refractivity contribution >= 4 is 11.6 Å². The Hall–Kier alpha value is -1.32. The van der Waals surface area contributed by atoms with Crippen LogP contribution in [-0.2, 0) is 25.8 Å². The molecule has 1 N–H and O–H groups in total. The number of nitrogens with zero attached hydrogens (tertiary/aromatic N) is 2. The molecule has 1 aromatic heterocycles. The van der Waals surface area contributed by atoms with Gasteiger partial charge in [-0.15, -0.1) is 0 Å². The molecular formula is C17H23ClN2O. The molecule has 0 bridgehead atoms. The summed E-state index contributed by atoms with van der Waals surface area (Å²) in [5, 5.41) is 15.8. The summed E-state index contributed by atoms with van der Waals surface area (Å²) in [5.74, 6) is 0. The van der Waals surface area contributed by atoms with Gasteiger partial charge in [0, 0.05) is 13.0 Å². The average Bonchev–Trinajstić information content (AvgIpc) is 2.83. The SMILES string of the molecule is CCc1ccccc1C(O)Cc1c(Cl)c(CC)nn1CC. The minimum Gasteiger partial charge on any atom is -0.388 e. The van der Waals surface area contributed by atoms with Crippen LogP contribution in [0.15, 0.2) is 24.3 Å². The van der Waals surface area contributed by atoms with Gasteiger partial charge in [-0.1, -0.05) is 49.7 Å². The number of aromatic nitrogens is 2. The lowest BCUT2D eigenvalue weighted by atomic mass is 9.97. The van der Waals surface area contributed by atoms with Gasteiger partial charge < -0.3 is 5.11 Å². The van der Waals surface area contributed by atoms with Gasteiger partial charge >= 0.3 is 0 Å². The lowest BCUT2D eigenvalue weighted by Gasteiger charge is -2.15. The monoisotopic (exact) mass is 306 g/mol. The third-order valence-corrected chi connectivity index (χ3v) is 4.31. The van der Waals surface area contributed by atoms with Crippen LogP contribution in [0.3, 0.4) is 0 Å². The maximum atomic E-state index is 10.6. The Balaban J connectivity index is 2.31. The van der Waals surface area contributed by atoms with E-state index >= 15 is 0 Å². The normalized spacial score (nSPS) is 12.6. The summed E-state index contributed by atoms with van der Waals surface area (Å²) >= 11 is 6.42. The van der Waals surface area contributed by atoms with Crippen LogP contribution in [0.25, 0.3) is 0 Å². The van der Waals surface area contributed by atoms with E-state index in [1.807, 2.05) is 36.7 Å². The number of hydrogen-bond acceptors (Lipinski definition) is 2. The first-order valence-corrected chi connectivity index (χ1v) is 7.99. The molecule has 0 spiro atoms. The second kappa shape index (κ2) is 7.10. The summed E-state index contributed by atoms with van der Waals surface area (Å²) < 4.78 is 1.90. The molecule has 0 aliphatic carbocycles. The zero-order valence-corrected chi connectivity index (χ0v) is 13.7. The number of benzene rings is 1. The van der Waals surface area contributed by atoms with Crippen LogP contribution in [-0.4, -0.2) is 14.9 Å². The van der Waals surface area contributed by atoms with Crippen molar-refractivity contribution in [3.05, 3.63) is 51.8 Å². The number of halogens is 1. The number of rotatable bonds is 6. The summed E-state index contributed by atoms with van der Waals surface area (Å²) in [4.78, 5) is 0. The molecular weight excluding hydrogens is 284 g/mol. The lowest BCUT2D eigenvalue weighted by Crippen LogP contribution is -2.10. The first-order chi connectivity index (χ1) is 10.1. The molecule has 1 atom stereocenters. The molecule has 1 heterocycles. The van der Waals surface area contributed by atoms with E-state index in [2.05, 4.69) is 18.1 Å². The number of aryl methyl sites for hydroxylation is 3. The fraction of sp³-hybridized carbons (Fsp3) is 0.471. The highest BCUT2D eigenvalue weighted by molar-refractivity contribution is 6.31. The van der Waals surface area contributed by atoms with Crippen molar-refractivity contribution in [3.8, 4) is 0 Å². The highest BCUT2D eigenvalue weighted by Gasteiger charge is 2.19. The zero-order valence-electron chi connectivity index (χ0n) is 12.9. The van der Waals surface area contributed by atoms with E-state index in [4.69, 9.17) is 11.6 Å². The van der Waals surface area contributed by atoms with Crippen LogP contribution in [0.5, 0.6) is 0 Å². The van der Waals surface area contributed by atoms with E-state index in [1.165, 1.54) is 5.56 Å². The number of aliphatic hydroxyl groups excluding tert-OH is 1. The van der Waals surface area contributed by atoms with Crippen LogP contribution in [0, 0.1) is 0 Å². The van der Waals surface area contributed by atoms with Gasteiger partial charge in [-0.25, -0.2) is 0 Å². The molecule has 2 aromatic rings. The molecule has 4 heteroatoms. The van der Waals surface area contributed by atoms with Gasteiger partial charge in [0.1, 0.15) is 0 Å². The molecule has 0 fully saturated rings. The first kappa shape index (κ1) is 16.1. The summed E-state index contributed by atoms with van der Waals surface area (Å²) in [6, 6.07) is 8.03. The van der Waals surface area contributed by atoms with E-state index in [1.54, 1.807) is 0 Å². The molecule has 3 nitrogen and oxygen atoms in total. The minimum absolute atomic E-state index is 0.497. The summed E-state index contributed by atoms with van der Waals surface area (Å²) in [5.41, 5.74) is 4.00. The van der Waals surface area contributed by atoms with Gasteiger partial charge in [-0.05, 0) is 30.9 Å². The molecule has 21 heavy (non-hydrogen) atoms. The van der Waals surface area contributed by atoms with Gasteiger partial charge in [0.25, 0.3) is 0 Å². The standard InChI is InChI=1S/C17H23ClN2O/c1-4-12-9-7-8-10-13(12)16(21)11-15-17(18)14(5-2)19-20(15)6-3/h7-10,16,21H,4-6,11H2,1-3H3. The molecule has 1 aromatic carbocycles. The summed E-state index contributed by atoms with van der Waals surface area (Å²) in [7, 11) is 0. The lowest BCUT2D eigenvalue weighted by molar-refractivity contribution is 0.174. The van der Waals surface area contributed by atoms with Crippen LogP contribution in [0.4, 0.5) is 0 Å². The molecule has 2 rings (SSSR count). The van der Waals surface area contributed by atoms with Crippen molar-refractivity contribution in [2.45, 2.75) is 52.7 Å². The van der Waals surface area contributed by atoms with Crippen molar-refractivity contribution in [1.29, 1.82) is 0 Å². The van der Waals surface area contributed by atoms with Crippen LogP contribution >= 0.6 is 11.6 Å². The van der Waals surface area contributed by atoms with Crippen molar-refractivity contribution in [1.82, 2.24) is 9.78 Å². The van der Waals surface area contributed by atoms with Crippen molar-refractivity contribution in [3.63, 3.8) is 0 Å². The largest absolute Gasteiger partial charge is 0.388 e. The van der Waals surface area contributed by atoms with E-state index in [-0.39, 0.29) is 0 Å². The maximum absolute atomic E-state index is 10.6. The summed E-state index contributed by atoms with van der Waals surface area (Å²) in [6.07, 6.45) is 1.66. The van der Waals surface area contributed by atoms with Crippen molar-refractivity contribution in [2.24, 2.45) is 0 Å². The van der Waals surface area contributed by atoms with E-state index in [9.17, 15) is 5.11 Å². The molecule has 114 valence electrons. The second-order valence-electron chi connectivity index (χ2n) is 5.15. The van der Waals surface area contributed by atoms with E-state index in [0.29, 0.717) is 11.4 Å². The molecule has 0 saturated carbocycles. The number of hydrogen-bond donors (Lipinski definition) is 1. The van der Waals surface area contributed by atoms with Crippen LogP contribution < -0.4 is 0 Å². The Morgan fingerprint density at radius 2 is 1.90 bits per heavy atom. The first-order valence-electron chi connectivity index (χ1n) is 7.62. The predicted molar refractivity (Wildman–Crippen MR) is 86.8 cm³/mol. The Morgan fingerprint density at radius 1 is 1.19 bits per heavy atom. The molecule has 1 unspecified atom stereocenters. The minimum atomic E-state index is -0.551. The quantitative estimate of drug-likeness (QED) is 0.877. The summed E-state index contributed by atoms with van der Waals surface area (Å²) in [6.45, 7) is 6.95. The topological polar surface area (TPSA) is 38.1 Å². The Morgan fingerprint density at radius 3 is 2.52 bits per heavy atom. The molecule has 0 aliphatic rings. The number of aliphatic hydroxyl groups is 1. The Kier molecular flexibility index (Phi) is 5.43. The smallest absolute Gasteiger partial charge is 0.0851 e. The van der Waals surface area contributed by atoms with E-state index < -0.39 is 6.10 Å². The molecule has 0 aliphatic heterocycles. The Labute approximate surface area is 131 Å². The zero-order chi connectivity index (χ0) is 15.4. The fourth-order valence-corrected chi connectivity index (χ4v) is 3.03. The van der Waals surface area contributed by atoms with Crippen molar-refractivity contribution in [2.75, 3.05) is 0 Å². The third-order valence-electron chi connectivity index (χ3n) is 3.88. The van der Waals surface area contributed by atoms with Crippen LogP contribution in [0.2, 0.25) is 5.02 Å². The third kappa shape index (κ3) is 3.30. The predicted octanol–water partition coefficient (Wildman–Crippen LogP) is 3.96. The van der Waals surface area contributed by atoms with Crippen LogP contribution in [0.1, 0.15) is 49.4 Å². The highest BCUT2D eigenvalue weighted by atomic mass is 35.5. The molecule has 0 saturated heterocycles. The van der Waals surface area contributed by atoms with Gasteiger partial charge in [-0.2, -0.15) is 5.10 Å². The van der Waals surface area contributed by atoms with Gasteiger partial charge in [0.05, 0.1) is 22.5 Å². The Bertz CT molecular complexity index is 607. The average molecular weight is 307 g/mol. The van der Waals surface area contributed by atoms with Gasteiger partial charge in [0.15, 0.2) is 0 Å². The fourth-order valence-electron chi connectivity index (χ4n) is 2.69. The highest BCUT2D eigenvalue weighted by Crippen LogP contribution is 2.28.